The Hall–Kier alpha value is -3.93. The second kappa shape index (κ2) is 7.75. The SMILES string of the molecule is NC(=O)c1ccc(Nc2nc(NCc3ccccc3)c3ccccc3n2)cc1. The number of carbonyl (C=O) groups excluding carboxylic acids is 1. The third-order valence-corrected chi connectivity index (χ3v) is 4.33. The van der Waals surface area contributed by atoms with E-state index in [2.05, 4.69) is 32.7 Å². The molecule has 0 bridgehead atoms. The molecule has 0 atom stereocenters. The van der Waals surface area contributed by atoms with Gasteiger partial charge in [-0.25, -0.2) is 4.98 Å². The van der Waals surface area contributed by atoms with Crippen molar-refractivity contribution >= 4 is 34.3 Å². The first kappa shape index (κ1) is 17.5. The number of nitrogens with two attached hydrogens (primary N) is 1. The summed E-state index contributed by atoms with van der Waals surface area (Å²) in [7, 11) is 0. The number of benzene rings is 3. The van der Waals surface area contributed by atoms with E-state index in [1.165, 1.54) is 5.56 Å². The van der Waals surface area contributed by atoms with Crippen molar-refractivity contribution < 1.29 is 4.79 Å². The van der Waals surface area contributed by atoms with E-state index in [4.69, 9.17) is 5.73 Å². The van der Waals surface area contributed by atoms with Crippen LogP contribution in [0.4, 0.5) is 17.5 Å². The molecule has 4 rings (SSSR count). The van der Waals surface area contributed by atoms with Gasteiger partial charge in [0, 0.05) is 23.2 Å². The summed E-state index contributed by atoms with van der Waals surface area (Å²) in [5.74, 6) is 0.771. The number of fused-ring (bicyclic) bond motifs is 1. The Bertz CT molecular complexity index is 1110. The monoisotopic (exact) mass is 369 g/mol. The lowest BCUT2D eigenvalue weighted by atomic mass is 10.2. The van der Waals surface area contributed by atoms with Gasteiger partial charge < -0.3 is 16.4 Å². The highest BCUT2D eigenvalue weighted by Gasteiger charge is 2.08. The van der Waals surface area contributed by atoms with Crippen LogP contribution in [0, 0.1) is 0 Å². The van der Waals surface area contributed by atoms with Crippen molar-refractivity contribution in [3.05, 3.63) is 90.0 Å². The zero-order valence-electron chi connectivity index (χ0n) is 15.1. The summed E-state index contributed by atoms with van der Waals surface area (Å²) in [6, 6.07) is 24.9. The van der Waals surface area contributed by atoms with Crippen LogP contribution in [0.2, 0.25) is 0 Å². The molecule has 0 saturated heterocycles. The van der Waals surface area contributed by atoms with Crippen LogP contribution < -0.4 is 16.4 Å². The summed E-state index contributed by atoms with van der Waals surface area (Å²) >= 11 is 0. The first-order chi connectivity index (χ1) is 13.7. The van der Waals surface area contributed by atoms with E-state index in [9.17, 15) is 4.79 Å². The van der Waals surface area contributed by atoms with E-state index >= 15 is 0 Å². The molecule has 0 aliphatic rings. The molecule has 0 fully saturated rings. The van der Waals surface area contributed by atoms with Crippen LogP contribution in [0.3, 0.4) is 0 Å². The van der Waals surface area contributed by atoms with E-state index in [0.717, 1.165) is 22.4 Å². The lowest BCUT2D eigenvalue weighted by molar-refractivity contribution is 0.100. The molecular formula is C22H19N5O. The number of aromatic nitrogens is 2. The summed E-state index contributed by atoms with van der Waals surface area (Å²) in [6.07, 6.45) is 0. The van der Waals surface area contributed by atoms with Gasteiger partial charge in [-0.15, -0.1) is 0 Å². The smallest absolute Gasteiger partial charge is 0.248 e. The Morgan fingerprint density at radius 1 is 0.857 bits per heavy atom. The fraction of sp³-hybridized carbons (Fsp3) is 0.0455. The van der Waals surface area contributed by atoms with Crippen molar-refractivity contribution in [2.75, 3.05) is 10.6 Å². The highest BCUT2D eigenvalue weighted by atomic mass is 16.1. The number of para-hydroxylation sites is 1. The van der Waals surface area contributed by atoms with Crippen molar-refractivity contribution in [1.82, 2.24) is 9.97 Å². The molecule has 28 heavy (non-hydrogen) atoms. The average molecular weight is 369 g/mol. The Balaban J connectivity index is 1.62. The van der Waals surface area contributed by atoms with Crippen LogP contribution in [-0.4, -0.2) is 15.9 Å². The minimum absolute atomic E-state index is 0.454. The maximum Gasteiger partial charge on any atom is 0.248 e. The van der Waals surface area contributed by atoms with Gasteiger partial charge >= 0.3 is 0 Å². The van der Waals surface area contributed by atoms with Crippen LogP contribution in [0.1, 0.15) is 15.9 Å². The van der Waals surface area contributed by atoms with Crippen LogP contribution >= 0.6 is 0 Å². The molecule has 138 valence electrons. The molecule has 4 aromatic rings. The Kier molecular flexibility index (Phi) is 4.84. The van der Waals surface area contributed by atoms with Gasteiger partial charge in [0.05, 0.1) is 5.52 Å². The summed E-state index contributed by atoms with van der Waals surface area (Å²) in [5.41, 5.74) is 8.52. The standard InChI is InChI=1S/C22H19N5O/c23-20(28)16-10-12-17(13-11-16)25-22-26-19-9-5-4-8-18(19)21(27-22)24-14-15-6-2-1-3-7-15/h1-13H,14H2,(H2,23,28)(H2,24,25,26,27). The van der Waals surface area contributed by atoms with Crippen LogP contribution in [-0.2, 0) is 6.54 Å². The number of primary amides is 1. The summed E-state index contributed by atoms with van der Waals surface area (Å²) in [5, 5.41) is 7.54. The Labute approximate surface area is 162 Å². The van der Waals surface area contributed by atoms with Crippen LogP contribution in [0.25, 0.3) is 10.9 Å². The molecule has 0 aliphatic heterocycles. The van der Waals surface area contributed by atoms with Gasteiger partial charge in [0.2, 0.25) is 11.9 Å². The van der Waals surface area contributed by atoms with E-state index < -0.39 is 5.91 Å². The molecule has 4 N–H and O–H groups in total. The summed E-state index contributed by atoms with van der Waals surface area (Å²) < 4.78 is 0. The van der Waals surface area contributed by atoms with E-state index in [1.54, 1.807) is 24.3 Å². The normalized spacial score (nSPS) is 10.6. The Morgan fingerprint density at radius 2 is 1.57 bits per heavy atom. The first-order valence-corrected chi connectivity index (χ1v) is 8.90. The van der Waals surface area contributed by atoms with Crippen molar-refractivity contribution in [3.8, 4) is 0 Å². The van der Waals surface area contributed by atoms with E-state index in [-0.39, 0.29) is 0 Å². The van der Waals surface area contributed by atoms with Crippen LogP contribution in [0.5, 0.6) is 0 Å². The molecule has 0 radical (unpaired) electrons. The predicted octanol–water partition coefficient (Wildman–Crippen LogP) is 4.08. The van der Waals surface area contributed by atoms with Crippen molar-refractivity contribution in [1.29, 1.82) is 0 Å². The maximum absolute atomic E-state index is 11.2. The number of rotatable bonds is 6. The molecule has 0 spiro atoms. The quantitative estimate of drug-likeness (QED) is 0.476. The van der Waals surface area contributed by atoms with Gasteiger partial charge in [0.1, 0.15) is 5.82 Å². The van der Waals surface area contributed by atoms with Crippen LogP contribution in [0.15, 0.2) is 78.9 Å². The summed E-state index contributed by atoms with van der Waals surface area (Å²) in [6.45, 7) is 0.661. The Morgan fingerprint density at radius 3 is 2.32 bits per heavy atom. The molecule has 6 nitrogen and oxygen atoms in total. The van der Waals surface area contributed by atoms with Gasteiger partial charge in [-0.05, 0) is 42.0 Å². The molecule has 3 aromatic carbocycles. The number of amides is 1. The first-order valence-electron chi connectivity index (χ1n) is 8.90. The van der Waals surface area contributed by atoms with Gasteiger partial charge in [-0.1, -0.05) is 42.5 Å². The topological polar surface area (TPSA) is 92.9 Å². The molecule has 1 heterocycles. The maximum atomic E-state index is 11.2. The highest BCUT2D eigenvalue weighted by Crippen LogP contribution is 2.24. The predicted molar refractivity (Wildman–Crippen MR) is 112 cm³/mol. The number of hydrogen-bond donors (Lipinski definition) is 3. The molecule has 6 heteroatoms. The number of carbonyl (C=O) groups is 1. The van der Waals surface area contributed by atoms with E-state index in [1.807, 2.05) is 42.5 Å². The van der Waals surface area contributed by atoms with Crippen molar-refractivity contribution in [3.63, 3.8) is 0 Å². The number of anilines is 3. The van der Waals surface area contributed by atoms with Crippen molar-refractivity contribution in [2.45, 2.75) is 6.54 Å². The highest BCUT2D eigenvalue weighted by molar-refractivity contribution is 5.93. The minimum atomic E-state index is -0.457. The fourth-order valence-corrected chi connectivity index (χ4v) is 2.90. The largest absolute Gasteiger partial charge is 0.366 e. The molecule has 0 saturated carbocycles. The molecule has 0 unspecified atom stereocenters. The van der Waals surface area contributed by atoms with Gasteiger partial charge in [-0.3, -0.25) is 4.79 Å². The lowest BCUT2D eigenvalue weighted by Gasteiger charge is -2.12. The third-order valence-electron chi connectivity index (χ3n) is 4.33. The molecular weight excluding hydrogens is 350 g/mol. The summed E-state index contributed by atoms with van der Waals surface area (Å²) in [4.78, 5) is 20.5. The van der Waals surface area contributed by atoms with Crippen molar-refractivity contribution in [2.24, 2.45) is 5.73 Å². The number of hydrogen-bond acceptors (Lipinski definition) is 5. The van der Waals surface area contributed by atoms with E-state index in [0.29, 0.717) is 18.1 Å². The van der Waals surface area contributed by atoms with Gasteiger partial charge in [0.15, 0.2) is 0 Å². The van der Waals surface area contributed by atoms with Gasteiger partial charge in [0.25, 0.3) is 0 Å². The minimum Gasteiger partial charge on any atom is -0.366 e. The molecule has 1 amide bonds. The zero-order valence-corrected chi connectivity index (χ0v) is 15.1. The number of nitrogens with one attached hydrogen (secondary N) is 2. The third kappa shape index (κ3) is 3.91. The fourth-order valence-electron chi connectivity index (χ4n) is 2.90. The number of nitrogens with zero attached hydrogens (tertiary/aromatic N) is 2. The molecule has 1 aromatic heterocycles. The average Bonchev–Trinajstić information content (AvgIpc) is 2.73. The lowest BCUT2D eigenvalue weighted by Crippen LogP contribution is -2.10. The molecule has 0 aliphatic carbocycles. The second-order valence-electron chi connectivity index (χ2n) is 6.32. The van der Waals surface area contributed by atoms with Gasteiger partial charge in [-0.2, -0.15) is 4.98 Å². The zero-order chi connectivity index (χ0) is 19.3. The second-order valence-corrected chi connectivity index (χ2v) is 6.32.